The zero-order chi connectivity index (χ0) is 20.2. The molecule has 0 aromatic carbocycles. The Kier molecular flexibility index (Phi) is 12.8. The number of furan rings is 1. The van der Waals surface area contributed by atoms with E-state index in [2.05, 4.69) is 20.3 Å². The van der Waals surface area contributed by atoms with E-state index < -0.39 is 10.0 Å². The molecule has 0 spiro atoms. The molecular formula is C19H36IN5O3S. The van der Waals surface area contributed by atoms with E-state index in [4.69, 9.17) is 9.41 Å². The van der Waals surface area contributed by atoms with Crippen LogP contribution in [0.1, 0.15) is 51.3 Å². The van der Waals surface area contributed by atoms with Crippen molar-refractivity contribution in [1.29, 1.82) is 0 Å². The lowest BCUT2D eigenvalue weighted by atomic mass is 10.1. The third kappa shape index (κ3) is 9.67. The van der Waals surface area contributed by atoms with E-state index >= 15 is 0 Å². The van der Waals surface area contributed by atoms with E-state index in [0.717, 1.165) is 31.4 Å². The highest BCUT2D eigenvalue weighted by Gasteiger charge is 2.24. The first-order valence-corrected chi connectivity index (χ1v) is 12.0. The predicted octanol–water partition coefficient (Wildman–Crippen LogP) is 2.31. The molecule has 29 heavy (non-hydrogen) atoms. The summed E-state index contributed by atoms with van der Waals surface area (Å²) in [6, 6.07) is 4.09. The highest BCUT2D eigenvalue weighted by Crippen LogP contribution is 2.25. The number of rotatable bonds is 11. The van der Waals surface area contributed by atoms with Gasteiger partial charge in [0.2, 0.25) is 10.0 Å². The maximum atomic E-state index is 11.5. The molecule has 1 aromatic heterocycles. The van der Waals surface area contributed by atoms with Gasteiger partial charge in [0.15, 0.2) is 5.96 Å². The van der Waals surface area contributed by atoms with Crippen molar-refractivity contribution in [2.24, 2.45) is 4.99 Å². The van der Waals surface area contributed by atoms with Gasteiger partial charge in [0.05, 0.1) is 24.6 Å². The van der Waals surface area contributed by atoms with E-state index in [1.165, 1.54) is 19.3 Å². The third-order valence-electron chi connectivity index (χ3n) is 4.82. The van der Waals surface area contributed by atoms with Crippen LogP contribution in [0.15, 0.2) is 27.8 Å². The number of guanidine groups is 1. The van der Waals surface area contributed by atoms with Crippen molar-refractivity contribution < 1.29 is 12.8 Å². The summed E-state index contributed by atoms with van der Waals surface area (Å²) in [5.74, 6) is 1.81. The average Bonchev–Trinajstić information content (AvgIpc) is 3.23. The Balaban J connectivity index is 0.00000420. The second kappa shape index (κ2) is 14.2. The summed E-state index contributed by atoms with van der Waals surface area (Å²) < 4.78 is 31.2. The average molecular weight is 542 g/mol. The van der Waals surface area contributed by atoms with Crippen LogP contribution in [0.4, 0.5) is 0 Å². The van der Waals surface area contributed by atoms with Crippen LogP contribution >= 0.6 is 24.0 Å². The first kappa shape index (κ1) is 26.2. The van der Waals surface area contributed by atoms with Crippen molar-refractivity contribution in [3.63, 3.8) is 0 Å². The van der Waals surface area contributed by atoms with Gasteiger partial charge in [-0.05, 0) is 58.3 Å². The first-order valence-electron chi connectivity index (χ1n) is 10.3. The summed E-state index contributed by atoms with van der Waals surface area (Å²) in [4.78, 5) is 7.21. The van der Waals surface area contributed by atoms with E-state index in [-0.39, 0.29) is 35.8 Å². The number of aliphatic imine (C=N–C) groups is 1. The zero-order valence-corrected chi connectivity index (χ0v) is 20.7. The first-order chi connectivity index (χ1) is 13.6. The Labute approximate surface area is 192 Å². The van der Waals surface area contributed by atoms with Crippen LogP contribution in [0.2, 0.25) is 0 Å². The Hall–Kier alpha value is -0.850. The molecule has 0 bridgehead atoms. The fourth-order valence-corrected chi connectivity index (χ4v) is 3.90. The Morgan fingerprint density at radius 1 is 1.21 bits per heavy atom. The maximum absolute atomic E-state index is 11.5. The van der Waals surface area contributed by atoms with Crippen molar-refractivity contribution in [2.75, 3.05) is 45.0 Å². The molecule has 168 valence electrons. The predicted molar refractivity (Wildman–Crippen MR) is 128 cm³/mol. The summed E-state index contributed by atoms with van der Waals surface area (Å²) in [5, 5.41) is 6.54. The number of sulfonamides is 1. The number of halogens is 1. The molecule has 0 aliphatic carbocycles. The minimum Gasteiger partial charge on any atom is -0.468 e. The van der Waals surface area contributed by atoms with Gasteiger partial charge in [0.1, 0.15) is 5.76 Å². The lowest BCUT2D eigenvalue weighted by molar-refractivity contribution is 0.150. The number of hydrogen-bond acceptors (Lipinski definition) is 5. The van der Waals surface area contributed by atoms with Crippen molar-refractivity contribution >= 4 is 40.0 Å². The smallest absolute Gasteiger partial charge is 0.211 e. The van der Waals surface area contributed by atoms with Crippen LogP contribution in [0.3, 0.4) is 0 Å². The van der Waals surface area contributed by atoms with Crippen molar-refractivity contribution in [3.8, 4) is 0 Å². The van der Waals surface area contributed by atoms with E-state index in [0.29, 0.717) is 26.1 Å². The molecular weight excluding hydrogens is 505 g/mol. The molecule has 1 atom stereocenters. The lowest BCUT2D eigenvalue weighted by Crippen LogP contribution is -2.40. The van der Waals surface area contributed by atoms with Crippen LogP contribution in [0.5, 0.6) is 0 Å². The van der Waals surface area contributed by atoms with Crippen LogP contribution in [0, 0.1) is 0 Å². The number of nitrogens with one attached hydrogen (secondary N) is 3. The molecule has 3 N–H and O–H groups in total. The van der Waals surface area contributed by atoms with Crippen LogP contribution in [0.25, 0.3) is 0 Å². The quantitative estimate of drug-likeness (QED) is 0.172. The van der Waals surface area contributed by atoms with E-state index in [1.807, 2.05) is 19.1 Å². The molecule has 1 saturated heterocycles. The van der Waals surface area contributed by atoms with Crippen molar-refractivity contribution in [2.45, 2.75) is 45.6 Å². The molecule has 0 saturated carbocycles. The number of piperidine rings is 1. The number of nitrogens with zero attached hydrogens (tertiary/aromatic N) is 2. The maximum Gasteiger partial charge on any atom is 0.211 e. The van der Waals surface area contributed by atoms with Gasteiger partial charge in [-0.15, -0.1) is 24.0 Å². The van der Waals surface area contributed by atoms with Gasteiger partial charge in [-0.1, -0.05) is 6.42 Å². The summed E-state index contributed by atoms with van der Waals surface area (Å²) in [6.07, 6.45) is 6.13. The molecule has 1 aliphatic rings. The summed E-state index contributed by atoms with van der Waals surface area (Å²) in [5.41, 5.74) is 0. The highest BCUT2D eigenvalue weighted by atomic mass is 127. The van der Waals surface area contributed by atoms with E-state index in [9.17, 15) is 8.42 Å². The molecule has 1 fully saturated rings. The minimum absolute atomic E-state index is 0. The monoisotopic (exact) mass is 541 g/mol. The number of hydrogen-bond donors (Lipinski definition) is 3. The van der Waals surface area contributed by atoms with Gasteiger partial charge in [-0.25, -0.2) is 13.1 Å². The van der Waals surface area contributed by atoms with Crippen LogP contribution in [-0.2, 0) is 10.0 Å². The van der Waals surface area contributed by atoms with Gasteiger partial charge in [0, 0.05) is 19.6 Å². The summed E-state index contributed by atoms with van der Waals surface area (Å²) in [7, 11) is -3.13. The SMILES string of the molecule is CCNC(=NCC(c1ccco1)N1CCCCC1)NCCCNS(=O)(=O)CC.I. The molecule has 0 amide bonds. The largest absolute Gasteiger partial charge is 0.468 e. The Morgan fingerprint density at radius 2 is 1.97 bits per heavy atom. The minimum atomic E-state index is -3.13. The molecule has 0 radical (unpaired) electrons. The summed E-state index contributed by atoms with van der Waals surface area (Å²) in [6.45, 7) is 8.26. The molecule has 8 nitrogen and oxygen atoms in total. The van der Waals surface area contributed by atoms with Gasteiger partial charge >= 0.3 is 0 Å². The molecule has 2 rings (SSSR count). The molecule has 10 heteroatoms. The third-order valence-corrected chi connectivity index (χ3v) is 6.22. The standard InChI is InChI=1S/C19H35N5O3S.HI/c1-3-20-19(21-11-9-12-23-28(25,26)4-2)22-16-17(18-10-8-15-27-18)24-13-6-5-7-14-24;/h8,10,15,17,23H,3-7,9,11-14,16H2,1-2H3,(H2,20,21,22);1H. The normalized spacial score (nSPS) is 16.8. The number of likely N-dealkylation sites (tertiary alicyclic amines) is 1. The van der Waals surface area contributed by atoms with Gasteiger partial charge in [-0.3, -0.25) is 9.89 Å². The lowest BCUT2D eigenvalue weighted by Gasteiger charge is -2.32. The molecule has 2 heterocycles. The Bertz CT molecular complexity index is 676. The highest BCUT2D eigenvalue weighted by molar-refractivity contribution is 14.0. The Morgan fingerprint density at radius 3 is 2.59 bits per heavy atom. The second-order valence-electron chi connectivity index (χ2n) is 6.93. The molecule has 1 unspecified atom stereocenters. The van der Waals surface area contributed by atoms with E-state index in [1.54, 1.807) is 13.2 Å². The molecule has 1 aliphatic heterocycles. The van der Waals surface area contributed by atoms with Crippen LogP contribution < -0.4 is 15.4 Å². The fraction of sp³-hybridized carbons (Fsp3) is 0.737. The van der Waals surface area contributed by atoms with Gasteiger partial charge in [0.25, 0.3) is 0 Å². The fourth-order valence-electron chi connectivity index (χ4n) is 3.24. The second-order valence-corrected chi connectivity index (χ2v) is 9.02. The van der Waals surface area contributed by atoms with Crippen LogP contribution in [-0.4, -0.2) is 64.3 Å². The van der Waals surface area contributed by atoms with Gasteiger partial charge in [-0.2, -0.15) is 0 Å². The zero-order valence-electron chi connectivity index (χ0n) is 17.5. The van der Waals surface area contributed by atoms with Crippen molar-refractivity contribution in [3.05, 3.63) is 24.2 Å². The van der Waals surface area contributed by atoms with Gasteiger partial charge < -0.3 is 15.1 Å². The topological polar surface area (TPSA) is 99.0 Å². The molecule has 1 aromatic rings. The van der Waals surface area contributed by atoms with Crippen molar-refractivity contribution in [1.82, 2.24) is 20.3 Å². The summed E-state index contributed by atoms with van der Waals surface area (Å²) >= 11 is 0.